The summed E-state index contributed by atoms with van der Waals surface area (Å²) in [5.74, 6) is -3.90. The lowest BCUT2D eigenvalue weighted by atomic mass is 10.1. The molecule has 0 saturated heterocycles. The Morgan fingerprint density at radius 2 is 1.96 bits per heavy atom. The van der Waals surface area contributed by atoms with E-state index in [1.165, 1.54) is 0 Å². The van der Waals surface area contributed by atoms with E-state index < -0.39 is 48.3 Å². The summed E-state index contributed by atoms with van der Waals surface area (Å²) in [4.78, 5) is 56.2. The Balaban J connectivity index is 2.68. The number of carboxylic acid groups (broad SMARTS) is 2. The van der Waals surface area contributed by atoms with E-state index in [1.807, 2.05) is 0 Å². The number of carbonyl (C=O) groups excluding carboxylic acids is 3. The minimum absolute atomic E-state index is 0.0852. The number of hydrogen-bond acceptors (Lipinski definition) is 8. The first-order chi connectivity index (χ1) is 12.6. The average Bonchev–Trinajstić information content (AvgIpc) is 2.91. The van der Waals surface area contributed by atoms with E-state index >= 15 is 0 Å². The highest BCUT2D eigenvalue weighted by Gasteiger charge is 2.24. The van der Waals surface area contributed by atoms with Crippen molar-refractivity contribution in [3.63, 3.8) is 0 Å². The van der Waals surface area contributed by atoms with Crippen LogP contribution in [-0.4, -0.2) is 64.3 Å². The highest BCUT2D eigenvalue weighted by molar-refractivity contribution is 8.04. The summed E-state index contributed by atoms with van der Waals surface area (Å²) in [5.41, 5.74) is 5.53. The minimum Gasteiger partial charge on any atom is -0.480 e. The molecule has 1 heterocycles. The summed E-state index contributed by atoms with van der Waals surface area (Å²) in [6.45, 7) is 3.25. The zero-order chi connectivity index (χ0) is 20.6. The van der Waals surface area contributed by atoms with Gasteiger partial charge in [0.25, 0.3) is 11.8 Å². The summed E-state index contributed by atoms with van der Waals surface area (Å²) < 4.78 is 0. The Morgan fingerprint density at radius 3 is 2.48 bits per heavy atom. The Kier molecular flexibility index (Phi) is 8.48. The molecule has 7 N–H and O–H groups in total. The molecule has 12 heteroatoms. The maximum Gasteiger partial charge on any atom is 0.322 e. The number of carbonyl (C=O) groups is 5. The Hall–Kier alpha value is -2.86. The molecule has 3 amide bonds. The fourth-order valence-electron chi connectivity index (χ4n) is 1.89. The average molecular weight is 400 g/mol. The van der Waals surface area contributed by atoms with Gasteiger partial charge in [0.15, 0.2) is 0 Å². The summed E-state index contributed by atoms with van der Waals surface area (Å²) in [5, 5.41) is 24.6. The molecule has 0 aliphatic carbocycles. The van der Waals surface area contributed by atoms with Crippen LogP contribution in [0.3, 0.4) is 0 Å². The van der Waals surface area contributed by atoms with Crippen LogP contribution in [-0.2, 0) is 24.0 Å². The molecular weight excluding hydrogens is 380 g/mol. The summed E-state index contributed by atoms with van der Waals surface area (Å²) in [7, 11) is 0. The Morgan fingerprint density at radius 1 is 1.30 bits per heavy atom. The van der Waals surface area contributed by atoms with Crippen molar-refractivity contribution in [2.75, 3.05) is 12.3 Å². The topological polar surface area (TPSA) is 188 Å². The van der Waals surface area contributed by atoms with Crippen LogP contribution in [0.5, 0.6) is 0 Å². The van der Waals surface area contributed by atoms with Gasteiger partial charge >= 0.3 is 11.9 Å². The fraction of sp³-hybridized carbons (Fsp3) is 0.400. The molecule has 0 bridgehead atoms. The van der Waals surface area contributed by atoms with Crippen LogP contribution in [0.2, 0.25) is 0 Å². The van der Waals surface area contributed by atoms with E-state index in [2.05, 4.69) is 22.5 Å². The van der Waals surface area contributed by atoms with Gasteiger partial charge in [-0.25, -0.2) is 0 Å². The minimum atomic E-state index is -1.23. The van der Waals surface area contributed by atoms with Gasteiger partial charge in [0, 0.05) is 23.9 Å². The number of thioether (sulfide) groups is 1. The van der Waals surface area contributed by atoms with Gasteiger partial charge in [-0.05, 0) is 6.42 Å². The van der Waals surface area contributed by atoms with Crippen molar-refractivity contribution in [2.24, 2.45) is 5.73 Å². The normalized spacial score (nSPS) is 15.4. The zero-order valence-electron chi connectivity index (χ0n) is 14.2. The first kappa shape index (κ1) is 22.2. The maximum atomic E-state index is 12.0. The van der Waals surface area contributed by atoms with Gasteiger partial charge in [0.05, 0.1) is 10.9 Å². The molecule has 0 radical (unpaired) electrons. The lowest BCUT2D eigenvalue weighted by molar-refractivity contribution is -0.139. The molecule has 0 spiro atoms. The fourth-order valence-corrected chi connectivity index (χ4v) is 2.90. The van der Waals surface area contributed by atoms with Gasteiger partial charge in [-0.2, -0.15) is 0 Å². The van der Waals surface area contributed by atoms with Crippen molar-refractivity contribution in [3.05, 3.63) is 23.3 Å². The second kappa shape index (κ2) is 10.3. The van der Waals surface area contributed by atoms with Crippen molar-refractivity contribution in [2.45, 2.75) is 24.9 Å². The standard InChI is InChI=1S/C15H20N4O7S/c1-7(17-5-13(22)23)9(6-27-10-4-12(21)19-14(10)24)18-11(20)3-2-8(16)15(25)26/h4,8-9,17H,1-3,5-6,16H2,(H,18,20)(H,22,23)(H,25,26)(H,19,21,24)/t8-,9-/m0/s1. The third kappa shape index (κ3) is 7.92. The number of aliphatic carboxylic acids is 2. The second-order valence-corrected chi connectivity index (χ2v) is 6.58. The zero-order valence-corrected chi connectivity index (χ0v) is 15.0. The van der Waals surface area contributed by atoms with Gasteiger partial charge in [0.1, 0.15) is 12.6 Å². The number of nitrogens with two attached hydrogens (primary N) is 1. The molecule has 0 aromatic rings. The van der Waals surface area contributed by atoms with Crippen molar-refractivity contribution >= 4 is 41.4 Å². The molecule has 0 aromatic carbocycles. The van der Waals surface area contributed by atoms with Crippen LogP contribution < -0.4 is 21.7 Å². The first-order valence-electron chi connectivity index (χ1n) is 7.72. The number of amides is 3. The Bertz CT molecular complexity index is 692. The third-order valence-corrected chi connectivity index (χ3v) is 4.46. The van der Waals surface area contributed by atoms with E-state index in [9.17, 15) is 24.0 Å². The smallest absolute Gasteiger partial charge is 0.322 e. The van der Waals surface area contributed by atoms with Gasteiger partial charge in [-0.15, -0.1) is 11.8 Å². The number of rotatable bonds is 12. The number of hydrogen-bond donors (Lipinski definition) is 6. The SMILES string of the molecule is C=C(NCC(=O)O)[C@H](CSC1=CC(=O)NC1=O)NC(=O)CC[C@H](N)C(=O)O. The van der Waals surface area contributed by atoms with Crippen LogP contribution in [0, 0.1) is 0 Å². The van der Waals surface area contributed by atoms with Gasteiger partial charge in [-0.3, -0.25) is 29.3 Å². The van der Waals surface area contributed by atoms with E-state index in [0.29, 0.717) is 0 Å². The molecule has 0 fully saturated rings. The van der Waals surface area contributed by atoms with Crippen LogP contribution >= 0.6 is 11.8 Å². The number of carboxylic acids is 2. The molecule has 2 atom stereocenters. The van der Waals surface area contributed by atoms with Crippen LogP contribution in [0.1, 0.15) is 12.8 Å². The van der Waals surface area contributed by atoms with Gasteiger partial charge in [0.2, 0.25) is 5.91 Å². The van der Waals surface area contributed by atoms with E-state index in [0.717, 1.165) is 17.8 Å². The molecule has 27 heavy (non-hydrogen) atoms. The largest absolute Gasteiger partial charge is 0.480 e. The van der Waals surface area contributed by atoms with Crippen molar-refractivity contribution < 1.29 is 34.2 Å². The van der Waals surface area contributed by atoms with E-state index in [1.54, 1.807) is 0 Å². The van der Waals surface area contributed by atoms with Crippen molar-refractivity contribution in [3.8, 4) is 0 Å². The van der Waals surface area contributed by atoms with Crippen LogP contribution in [0.15, 0.2) is 23.3 Å². The molecule has 0 aromatic heterocycles. The molecule has 1 aliphatic heterocycles. The number of nitrogens with one attached hydrogen (secondary N) is 3. The quantitative estimate of drug-likeness (QED) is 0.202. The molecular formula is C15H20N4O7S. The van der Waals surface area contributed by atoms with Gasteiger partial charge in [-0.1, -0.05) is 6.58 Å². The summed E-state index contributed by atoms with van der Waals surface area (Å²) in [6.07, 6.45) is 0.867. The molecule has 148 valence electrons. The molecule has 11 nitrogen and oxygen atoms in total. The van der Waals surface area contributed by atoms with Crippen molar-refractivity contribution in [1.29, 1.82) is 0 Å². The maximum absolute atomic E-state index is 12.0. The van der Waals surface area contributed by atoms with E-state index in [4.69, 9.17) is 15.9 Å². The predicted molar refractivity (Wildman–Crippen MR) is 95.2 cm³/mol. The summed E-state index contributed by atoms with van der Waals surface area (Å²) in [6, 6.07) is -1.96. The Labute approximate surface area is 158 Å². The lowest BCUT2D eigenvalue weighted by Gasteiger charge is -2.22. The summed E-state index contributed by atoms with van der Waals surface area (Å²) >= 11 is 0.984. The lowest BCUT2D eigenvalue weighted by Crippen LogP contribution is -2.43. The van der Waals surface area contributed by atoms with Crippen LogP contribution in [0.25, 0.3) is 0 Å². The second-order valence-electron chi connectivity index (χ2n) is 5.51. The molecule has 0 saturated carbocycles. The predicted octanol–water partition coefficient (Wildman–Crippen LogP) is -1.88. The molecule has 1 aliphatic rings. The monoisotopic (exact) mass is 400 g/mol. The van der Waals surface area contributed by atoms with Crippen molar-refractivity contribution in [1.82, 2.24) is 16.0 Å². The molecule has 1 rings (SSSR count). The highest BCUT2D eigenvalue weighted by atomic mass is 32.2. The van der Waals surface area contributed by atoms with Gasteiger partial charge < -0.3 is 26.6 Å². The van der Waals surface area contributed by atoms with E-state index in [-0.39, 0.29) is 29.2 Å². The number of imide groups is 1. The highest BCUT2D eigenvalue weighted by Crippen LogP contribution is 2.21. The first-order valence-corrected chi connectivity index (χ1v) is 8.70. The third-order valence-electron chi connectivity index (χ3n) is 3.35. The van der Waals surface area contributed by atoms with Crippen LogP contribution in [0.4, 0.5) is 0 Å². The molecule has 0 unspecified atom stereocenters.